The maximum Gasteiger partial charge on any atom is 0.494 e. The number of likely N-dealkylation sites (tertiary alicyclic amines) is 1. The van der Waals surface area contributed by atoms with Crippen molar-refractivity contribution in [2.75, 3.05) is 0 Å². The lowest BCUT2D eigenvalue weighted by Crippen LogP contribution is -2.41. The van der Waals surface area contributed by atoms with Crippen LogP contribution in [-0.2, 0) is 14.0 Å². The monoisotopic (exact) mass is 439 g/mol. The Hall–Kier alpha value is -2.06. The Bertz CT molecular complexity index is 1060. The molecule has 7 nitrogen and oxygen atoms in total. The number of ether oxygens (including phenoxy) is 1. The number of hydrogen-bond acceptors (Lipinski definition) is 5. The van der Waals surface area contributed by atoms with Gasteiger partial charge in [-0.15, -0.1) is 0 Å². The lowest BCUT2D eigenvalue weighted by molar-refractivity contribution is 0.00578. The molecular weight excluding hydrogens is 405 g/mol. The fraction of sp³-hybridized carbons (Fsp3) is 0.667. The summed E-state index contributed by atoms with van der Waals surface area (Å²) in [5, 5.41) is 0. The molecule has 2 aliphatic heterocycles. The van der Waals surface area contributed by atoms with Gasteiger partial charge in [-0.1, -0.05) is 13.0 Å². The number of nitrogens with one attached hydrogen (secondary N) is 1. The Morgan fingerprint density at radius 3 is 2.50 bits per heavy atom. The average molecular weight is 439 g/mol. The second-order valence-electron chi connectivity index (χ2n) is 11.6. The van der Waals surface area contributed by atoms with Gasteiger partial charge in [0.25, 0.3) is 0 Å². The molecule has 1 aliphatic carbocycles. The second-order valence-corrected chi connectivity index (χ2v) is 11.6. The number of amides is 1. The van der Waals surface area contributed by atoms with E-state index in [2.05, 4.69) is 39.6 Å². The standard InChI is InChI=1S/C24H34BN3O4/c1-13-15-12-18(28(19(13)15)21(29)30-22(2,3)4)20-26-16-10-9-14(11-17(16)27-20)25-31-23(5,6)24(7,8)32-25/h9-11,13,15,18-19H,12H2,1-8H3,(H,26,27)/t13-,15+,18+,19-/m1/s1. The van der Waals surface area contributed by atoms with E-state index in [-0.39, 0.29) is 29.4 Å². The number of aromatic amines is 1. The zero-order chi connectivity index (χ0) is 23.2. The number of fused-ring (bicyclic) bond motifs is 2. The highest BCUT2D eigenvalue weighted by Gasteiger charge is 2.61. The largest absolute Gasteiger partial charge is 0.494 e. The summed E-state index contributed by atoms with van der Waals surface area (Å²) in [7, 11) is -0.422. The van der Waals surface area contributed by atoms with Crippen molar-refractivity contribution in [1.82, 2.24) is 14.9 Å². The third-order valence-electron chi connectivity index (χ3n) is 7.63. The van der Waals surface area contributed by atoms with Crippen molar-refractivity contribution in [2.24, 2.45) is 11.8 Å². The van der Waals surface area contributed by atoms with Crippen molar-refractivity contribution in [3.8, 4) is 0 Å². The first kappa shape index (κ1) is 21.8. The summed E-state index contributed by atoms with van der Waals surface area (Å²) in [5.41, 5.74) is 1.45. The number of rotatable bonds is 2. The lowest BCUT2D eigenvalue weighted by Gasteiger charge is -2.32. The molecule has 1 aromatic heterocycles. The SMILES string of the molecule is C[C@@H]1[C@@H]2C[C@@H](c3nc4ccc(B5OC(C)(C)C(C)(C)O5)cc4[nH]3)N(C(=O)OC(C)(C)C)[C@H]12. The van der Waals surface area contributed by atoms with Crippen molar-refractivity contribution in [3.05, 3.63) is 24.0 Å². The van der Waals surface area contributed by atoms with Crippen LogP contribution < -0.4 is 5.46 Å². The van der Waals surface area contributed by atoms with Gasteiger partial charge in [-0.05, 0) is 84.3 Å². The van der Waals surface area contributed by atoms with E-state index < -0.39 is 12.7 Å². The van der Waals surface area contributed by atoms with Crippen LogP contribution in [0.3, 0.4) is 0 Å². The smallest absolute Gasteiger partial charge is 0.444 e. The maximum absolute atomic E-state index is 13.0. The highest BCUT2D eigenvalue weighted by molar-refractivity contribution is 6.62. The van der Waals surface area contributed by atoms with Crippen molar-refractivity contribution in [1.29, 1.82) is 0 Å². The molecular formula is C24H34BN3O4. The molecule has 0 bridgehead atoms. The minimum atomic E-state index is -0.524. The van der Waals surface area contributed by atoms with Gasteiger partial charge in [0.15, 0.2) is 0 Å². The fourth-order valence-electron chi connectivity index (χ4n) is 5.05. The third kappa shape index (κ3) is 3.43. The molecule has 0 unspecified atom stereocenters. The van der Waals surface area contributed by atoms with Gasteiger partial charge in [0.05, 0.1) is 28.3 Å². The summed E-state index contributed by atoms with van der Waals surface area (Å²) in [5.74, 6) is 1.84. The molecule has 172 valence electrons. The predicted molar refractivity (Wildman–Crippen MR) is 124 cm³/mol. The summed E-state index contributed by atoms with van der Waals surface area (Å²) in [6, 6.07) is 6.19. The van der Waals surface area contributed by atoms with E-state index in [1.165, 1.54) is 0 Å². The molecule has 0 spiro atoms. The van der Waals surface area contributed by atoms with Crippen molar-refractivity contribution < 1.29 is 18.8 Å². The molecule has 5 rings (SSSR count). The van der Waals surface area contributed by atoms with Gasteiger partial charge in [0.2, 0.25) is 0 Å². The molecule has 32 heavy (non-hydrogen) atoms. The first-order valence-electron chi connectivity index (χ1n) is 11.6. The van der Waals surface area contributed by atoms with Gasteiger partial charge in [-0.25, -0.2) is 9.78 Å². The third-order valence-corrected chi connectivity index (χ3v) is 7.63. The van der Waals surface area contributed by atoms with Gasteiger partial charge >= 0.3 is 13.2 Å². The number of imidazole rings is 1. The highest BCUT2D eigenvalue weighted by Crippen LogP contribution is 2.57. The number of benzene rings is 1. The number of H-pyrrole nitrogens is 1. The van der Waals surface area contributed by atoms with Crippen LogP contribution in [0.5, 0.6) is 0 Å². The molecule has 8 heteroatoms. The van der Waals surface area contributed by atoms with Crippen molar-refractivity contribution in [2.45, 2.75) is 90.7 Å². The topological polar surface area (TPSA) is 76.7 Å². The average Bonchev–Trinajstić information content (AvgIpc) is 3.04. The van der Waals surface area contributed by atoms with E-state index in [9.17, 15) is 4.79 Å². The molecule has 0 radical (unpaired) electrons. The summed E-state index contributed by atoms with van der Waals surface area (Å²) < 4.78 is 18.1. The number of hydrogen-bond donors (Lipinski definition) is 1. The number of aromatic nitrogens is 2. The zero-order valence-corrected chi connectivity index (χ0v) is 20.4. The van der Waals surface area contributed by atoms with E-state index in [0.717, 1.165) is 28.7 Å². The maximum atomic E-state index is 13.0. The van der Waals surface area contributed by atoms with E-state index in [4.69, 9.17) is 19.0 Å². The Morgan fingerprint density at radius 2 is 1.88 bits per heavy atom. The predicted octanol–water partition coefficient (Wildman–Crippen LogP) is 4.18. The van der Waals surface area contributed by atoms with Gasteiger partial charge in [0.1, 0.15) is 11.4 Å². The molecule has 4 atom stereocenters. The zero-order valence-electron chi connectivity index (χ0n) is 20.4. The Labute approximate surface area is 190 Å². The molecule has 3 fully saturated rings. The number of piperidine rings is 1. The summed E-state index contributed by atoms with van der Waals surface area (Å²) >= 11 is 0. The van der Waals surface area contributed by atoms with Crippen LogP contribution in [0.1, 0.15) is 73.7 Å². The minimum absolute atomic E-state index is 0.0938. The minimum Gasteiger partial charge on any atom is -0.444 e. The molecule has 2 saturated heterocycles. The Morgan fingerprint density at radius 1 is 1.22 bits per heavy atom. The highest BCUT2D eigenvalue weighted by atomic mass is 16.7. The van der Waals surface area contributed by atoms with E-state index in [1.807, 2.05) is 43.9 Å². The normalized spacial score (nSPS) is 30.6. The summed E-state index contributed by atoms with van der Waals surface area (Å²) in [6.45, 7) is 16.1. The number of carbonyl (C=O) groups excluding carboxylic acids is 1. The molecule has 3 aliphatic rings. The molecule has 1 saturated carbocycles. The lowest BCUT2D eigenvalue weighted by atomic mass is 9.79. The second kappa shape index (κ2) is 6.73. The molecule has 1 amide bonds. The first-order chi connectivity index (χ1) is 14.8. The van der Waals surface area contributed by atoms with E-state index in [1.54, 1.807) is 0 Å². The summed E-state index contributed by atoms with van der Waals surface area (Å²) in [6.07, 6.45) is 0.660. The van der Waals surface area contributed by atoms with Crippen LogP contribution in [0, 0.1) is 11.8 Å². The molecule has 2 aromatic rings. The van der Waals surface area contributed by atoms with Gasteiger partial charge in [-0.3, -0.25) is 4.90 Å². The van der Waals surface area contributed by atoms with Crippen molar-refractivity contribution in [3.63, 3.8) is 0 Å². The van der Waals surface area contributed by atoms with Crippen LogP contribution in [0.2, 0.25) is 0 Å². The van der Waals surface area contributed by atoms with Crippen LogP contribution in [0.4, 0.5) is 4.79 Å². The van der Waals surface area contributed by atoms with Gasteiger partial charge in [0, 0.05) is 6.04 Å². The summed E-state index contributed by atoms with van der Waals surface area (Å²) in [4.78, 5) is 23.2. The van der Waals surface area contributed by atoms with Gasteiger partial charge in [-0.2, -0.15) is 0 Å². The van der Waals surface area contributed by atoms with Crippen LogP contribution in [-0.4, -0.2) is 50.9 Å². The number of carbonyl (C=O) groups is 1. The van der Waals surface area contributed by atoms with Crippen LogP contribution in [0.15, 0.2) is 18.2 Å². The molecule has 3 heterocycles. The Kier molecular flexibility index (Phi) is 4.58. The quantitative estimate of drug-likeness (QED) is 0.711. The molecule has 1 N–H and O–H groups in total. The van der Waals surface area contributed by atoms with Crippen LogP contribution >= 0.6 is 0 Å². The van der Waals surface area contributed by atoms with Gasteiger partial charge < -0.3 is 19.0 Å². The number of nitrogens with zero attached hydrogens (tertiary/aromatic N) is 2. The van der Waals surface area contributed by atoms with Crippen molar-refractivity contribution >= 4 is 29.7 Å². The first-order valence-corrected chi connectivity index (χ1v) is 11.6. The Balaban J connectivity index is 1.42. The molecule has 1 aromatic carbocycles. The van der Waals surface area contributed by atoms with E-state index in [0.29, 0.717) is 11.8 Å². The van der Waals surface area contributed by atoms with E-state index >= 15 is 0 Å². The fourth-order valence-corrected chi connectivity index (χ4v) is 5.05. The van der Waals surface area contributed by atoms with Crippen LogP contribution in [0.25, 0.3) is 11.0 Å².